The third-order valence-corrected chi connectivity index (χ3v) is 5.38. The molecule has 0 aliphatic rings. The molecule has 0 saturated heterocycles. The largest absolute Gasteiger partial charge is 0.362 e. The molecule has 0 radical (unpaired) electrons. The van der Waals surface area contributed by atoms with E-state index < -0.39 is 0 Å². The lowest BCUT2D eigenvalue weighted by Crippen LogP contribution is -2.22. The van der Waals surface area contributed by atoms with E-state index in [4.69, 9.17) is 21.9 Å². The lowest BCUT2D eigenvalue weighted by atomic mass is 10.1. The van der Waals surface area contributed by atoms with Crippen LogP contribution in [0.5, 0.6) is 0 Å². The molecule has 4 rings (SSSR count). The maximum absolute atomic E-state index is 12.5. The summed E-state index contributed by atoms with van der Waals surface area (Å²) in [6.45, 7) is 0.00393. The Bertz CT molecular complexity index is 1270. The van der Waals surface area contributed by atoms with Crippen molar-refractivity contribution in [1.82, 2.24) is 15.1 Å². The van der Waals surface area contributed by atoms with Gasteiger partial charge in [0, 0.05) is 21.8 Å². The van der Waals surface area contributed by atoms with Crippen molar-refractivity contribution in [3.8, 4) is 22.2 Å². The number of Topliss-reactive ketones (excluding diaryl/α,β-unsaturated/α-hetero) is 1. The first-order valence-corrected chi connectivity index (χ1v) is 10.7. The van der Waals surface area contributed by atoms with Crippen molar-refractivity contribution in [2.45, 2.75) is 0 Å². The minimum Gasteiger partial charge on any atom is -0.362 e. The smallest absolute Gasteiger partial charge is 0.272 e. The number of anilines is 2. The third kappa shape index (κ3) is 4.99. The van der Waals surface area contributed by atoms with Gasteiger partial charge in [0.2, 0.25) is 5.82 Å². The highest BCUT2D eigenvalue weighted by Gasteiger charge is 2.18. The summed E-state index contributed by atoms with van der Waals surface area (Å²) in [6, 6.07) is 13.8. The Hall–Kier alpha value is -3.60. The van der Waals surface area contributed by atoms with Crippen LogP contribution < -0.4 is 16.4 Å². The maximum Gasteiger partial charge on any atom is 0.272 e. The fraction of sp³-hybridized carbons (Fsp3) is 0.0952. The monoisotopic (exact) mass is 468 g/mol. The van der Waals surface area contributed by atoms with E-state index in [1.54, 1.807) is 54.0 Å². The molecule has 4 N–H and O–H groups in total. The van der Waals surface area contributed by atoms with Gasteiger partial charge in [-0.05, 0) is 30.3 Å². The van der Waals surface area contributed by atoms with Gasteiger partial charge in [0.15, 0.2) is 5.78 Å². The Morgan fingerprint density at radius 1 is 1.16 bits per heavy atom. The van der Waals surface area contributed by atoms with Crippen LogP contribution in [0.3, 0.4) is 0 Å². The fourth-order valence-corrected chi connectivity index (χ4v) is 3.65. The van der Waals surface area contributed by atoms with E-state index in [9.17, 15) is 9.59 Å². The van der Waals surface area contributed by atoms with Gasteiger partial charge in [-0.1, -0.05) is 35.0 Å². The number of ketones is 1. The number of carbonyl (C=O) groups excluding carboxylic acids is 2. The molecule has 32 heavy (non-hydrogen) atoms. The highest BCUT2D eigenvalue weighted by molar-refractivity contribution is 7.13. The average molecular weight is 469 g/mol. The molecule has 11 heteroatoms. The molecule has 9 nitrogen and oxygen atoms in total. The molecule has 162 valence electrons. The average Bonchev–Trinajstić information content (AvgIpc) is 3.47. The first kappa shape index (κ1) is 21.6. The van der Waals surface area contributed by atoms with Crippen molar-refractivity contribution in [2.24, 2.45) is 5.73 Å². The van der Waals surface area contributed by atoms with E-state index >= 15 is 0 Å². The summed E-state index contributed by atoms with van der Waals surface area (Å²) in [5.74, 6) is 0.641. The van der Waals surface area contributed by atoms with Crippen LogP contribution in [0, 0.1) is 0 Å². The molecule has 2 aromatic carbocycles. The molecule has 1 amide bonds. The number of rotatable bonds is 8. The summed E-state index contributed by atoms with van der Waals surface area (Å²) in [6.07, 6.45) is 0. The Labute approximate surface area is 191 Å². The number of hydrogen-bond acceptors (Lipinski definition) is 9. The number of nitrogens with zero attached hydrogens (tertiary/aromatic N) is 3. The Kier molecular flexibility index (Phi) is 6.55. The molecule has 0 aliphatic carbocycles. The number of carbonyl (C=O) groups is 2. The van der Waals surface area contributed by atoms with E-state index in [0.29, 0.717) is 38.4 Å². The van der Waals surface area contributed by atoms with E-state index in [1.807, 2.05) is 0 Å². The van der Waals surface area contributed by atoms with Crippen LogP contribution in [0.25, 0.3) is 22.2 Å². The second-order valence-electron chi connectivity index (χ2n) is 6.59. The molecule has 0 aliphatic heterocycles. The molecule has 0 saturated carbocycles. The van der Waals surface area contributed by atoms with Gasteiger partial charge in [-0.15, -0.1) is 11.3 Å². The summed E-state index contributed by atoms with van der Waals surface area (Å²) in [5.41, 5.74) is 8.61. The summed E-state index contributed by atoms with van der Waals surface area (Å²) in [4.78, 5) is 33.2. The van der Waals surface area contributed by atoms with Crippen LogP contribution in [0.1, 0.15) is 10.4 Å². The summed E-state index contributed by atoms with van der Waals surface area (Å²) >= 11 is 7.26. The van der Waals surface area contributed by atoms with Crippen LogP contribution in [0.15, 0.2) is 58.6 Å². The predicted octanol–water partition coefficient (Wildman–Crippen LogP) is 3.71. The number of benzene rings is 2. The highest BCUT2D eigenvalue weighted by Crippen LogP contribution is 2.32. The second-order valence-corrected chi connectivity index (χ2v) is 7.89. The predicted molar refractivity (Wildman–Crippen MR) is 123 cm³/mol. The van der Waals surface area contributed by atoms with Gasteiger partial charge in [0.05, 0.1) is 18.6 Å². The molecule has 4 aromatic rings. The summed E-state index contributed by atoms with van der Waals surface area (Å²) in [5, 5.41) is 10.3. The first-order chi connectivity index (χ1) is 15.5. The van der Waals surface area contributed by atoms with Crippen molar-refractivity contribution < 1.29 is 14.1 Å². The van der Waals surface area contributed by atoms with Crippen LogP contribution in [0.4, 0.5) is 11.5 Å². The van der Waals surface area contributed by atoms with Gasteiger partial charge in [0.25, 0.3) is 11.8 Å². The minimum atomic E-state index is -0.286. The van der Waals surface area contributed by atoms with Crippen molar-refractivity contribution in [2.75, 3.05) is 23.7 Å². The van der Waals surface area contributed by atoms with Gasteiger partial charge in [-0.2, -0.15) is 4.98 Å². The van der Waals surface area contributed by atoms with Crippen molar-refractivity contribution in [3.05, 3.63) is 64.6 Å². The molecule has 2 aromatic heterocycles. The van der Waals surface area contributed by atoms with Crippen molar-refractivity contribution in [3.63, 3.8) is 0 Å². The highest BCUT2D eigenvalue weighted by atomic mass is 35.5. The molecule has 0 spiro atoms. The van der Waals surface area contributed by atoms with Crippen molar-refractivity contribution >= 4 is 46.1 Å². The molecular formula is C21H17ClN6O3S. The molecule has 0 fully saturated rings. The molecule has 0 atom stereocenters. The van der Waals surface area contributed by atoms with Crippen LogP contribution in [-0.4, -0.2) is 39.9 Å². The van der Waals surface area contributed by atoms with E-state index in [1.165, 1.54) is 11.3 Å². The Balaban J connectivity index is 1.51. The minimum absolute atomic E-state index is 0.0542. The van der Waals surface area contributed by atoms with Gasteiger partial charge < -0.3 is 20.9 Å². The van der Waals surface area contributed by atoms with Crippen LogP contribution >= 0.6 is 22.9 Å². The zero-order valence-electron chi connectivity index (χ0n) is 16.5. The number of nitrogens with two attached hydrogens (primary N) is 1. The third-order valence-electron chi connectivity index (χ3n) is 4.33. The standard InChI is InChI=1S/C21H17ClN6O3S/c22-14-5-1-4-13(7-14)20(30)26-15-6-2-3-12(8-15)18-27-21(31-28-18)17-19(25-11-32-17)24-10-16(29)9-23/h1-8,11,24H,9-10,23H2,(H,26,30). The topological polar surface area (TPSA) is 136 Å². The number of aromatic nitrogens is 3. The summed E-state index contributed by atoms with van der Waals surface area (Å²) in [7, 11) is 0. The van der Waals surface area contributed by atoms with Gasteiger partial charge in [0.1, 0.15) is 10.7 Å². The van der Waals surface area contributed by atoms with Crippen LogP contribution in [0.2, 0.25) is 5.02 Å². The zero-order valence-corrected chi connectivity index (χ0v) is 18.1. The lowest BCUT2D eigenvalue weighted by Gasteiger charge is -2.06. The maximum atomic E-state index is 12.5. The quantitative estimate of drug-likeness (QED) is 0.356. The first-order valence-electron chi connectivity index (χ1n) is 9.44. The second kappa shape index (κ2) is 9.69. The Morgan fingerprint density at radius 2 is 2.00 bits per heavy atom. The normalized spacial score (nSPS) is 10.7. The number of halogens is 1. The number of thiazole rings is 1. The zero-order chi connectivity index (χ0) is 22.5. The number of amides is 1. The van der Waals surface area contributed by atoms with Gasteiger partial charge in [-0.3, -0.25) is 9.59 Å². The van der Waals surface area contributed by atoms with Crippen molar-refractivity contribution in [1.29, 1.82) is 0 Å². The summed E-state index contributed by atoms with van der Waals surface area (Å²) < 4.78 is 5.40. The fourth-order valence-electron chi connectivity index (χ4n) is 2.78. The van der Waals surface area contributed by atoms with E-state index in [2.05, 4.69) is 25.8 Å². The van der Waals surface area contributed by atoms with Crippen LogP contribution in [-0.2, 0) is 4.79 Å². The van der Waals surface area contributed by atoms with Gasteiger partial charge >= 0.3 is 0 Å². The molecular weight excluding hydrogens is 452 g/mol. The Morgan fingerprint density at radius 3 is 2.81 bits per heavy atom. The lowest BCUT2D eigenvalue weighted by molar-refractivity contribution is -0.116. The molecule has 0 bridgehead atoms. The van der Waals surface area contributed by atoms with E-state index in [-0.39, 0.29) is 30.7 Å². The van der Waals surface area contributed by atoms with E-state index in [0.717, 1.165) is 0 Å². The SMILES string of the molecule is NCC(=O)CNc1ncsc1-c1nc(-c2cccc(NC(=O)c3cccc(Cl)c3)c2)no1. The number of nitrogens with one attached hydrogen (secondary N) is 2. The van der Waals surface area contributed by atoms with Gasteiger partial charge in [-0.25, -0.2) is 4.98 Å². The molecule has 0 unspecified atom stereocenters. The number of hydrogen-bond donors (Lipinski definition) is 3. The molecule has 2 heterocycles.